The highest BCUT2D eigenvalue weighted by atomic mass is 19.4. The van der Waals surface area contributed by atoms with Gasteiger partial charge in [-0.1, -0.05) is 30.3 Å². The summed E-state index contributed by atoms with van der Waals surface area (Å²) in [5.74, 6) is -0.516. The van der Waals surface area contributed by atoms with Crippen LogP contribution in [-0.2, 0) is 12.6 Å². The van der Waals surface area contributed by atoms with E-state index in [1.165, 1.54) is 18.2 Å². The quantitative estimate of drug-likeness (QED) is 0.846. The molecule has 1 nitrogen and oxygen atoms in total. The van der Waals surface area contributed by atoms with Crippen LogP contribution in [-0.4, -0.2) is 6.54 Å². The summed E-state index contributed by atoms with van der Waals surface area (Å²) in [5, 5.41) is 0. The first-order valence-electron chi connectivity index (χ1n) is 6.08. The van der Waals surface area contributed by atoms with Gasteiger partial charge in [0.1, 0.15) is 5.82 Å². The van der Waals surface area contributed by atoms with E-state index in [-0.39, 0.29) is 17.7 Å². The molecule has 0 radical (unpaired) electrons. The zero-order valence-electron chi connectivity index (χ0n) is 10.5. The van der Waals surface area contributed by atoms with Crippen molar-refractivity contribution in [3.63, 3.8) is 0 Å². The third-order valence-electron chi connectivity index (χ3n) is 2.99. The van der Waals surface area contributed by atoms with Crippen molar-refractivity contribution in [2.75, 3.05) is 6.54 Å². The van der Waals surface area contributed by atoms with Crippen molar-refractivity contribution in [2.45, 2.75) is 12.6 Å². The summed E-state index contributed by atoms with van der Waals surface area (Å²) in [4.78, 5) is 0. The number of benzene rings is 2. The van der Waals surface area contributed by atoms with Crippen molar-refractivity contribution in [1.29, 1.82) is 0 Å². The Morgan fingerprint density at radius 3 is 2.35 bits per heavy atom. The largest absolute Gasteiger partial charge is 0.416 e. The second-order valence-electron chi connectivity index (χ2n) is 4.40. The normalized spacial score (nSPS) is 11.7. The van der Waals surface area contributed by atoms with Crippen LogP contribution in [0.15, 0.2) is 42.5 Å². The molecule has 0 spiro atoms. The Hall–Kier alpha value is -1.88. The minimum Gasteiger partial charge on any atom is -0.330 e. The lowest BCUT2D eigenvalue weighted by molar-refractivity contribution is -0.137. The van der Waals surface area contributed by atoms with Crippen LogP contribution in [0.4, 0.5) is 17.6 Å². The highest BCUT2D eigenvalue weighted by molar-refractivity contribution is 5.66. The number of hydrogen-bond donors (Lipinski definition) is 1. The van der Waals surface area contributed by atoms with Crippen molar-refractivity contribution in [2.24, 2.45) is 5.73 Å². The molecule has 0 saturated heterocycles. The van der Waals surface area contributed by atoms with Gasteiger partial charge in [0.05, 0.1) is 5.56 Å². The van der Waals surface area contributed by atoms with E-state index in [2.05, 4.69) is 0 Å². The molecule has 0 unspecified atom stereocenters. The van der Waals surface area contributed by atoms with Crippen molar-refractivity contribution >= 4 is 0 Å². The number of hydrogen-bond acceptors (Lipinski definition) is 1. The molecule has 0 aliphatic rings. The lowest BCUT2D eigenvalue weighted by Gasteiger charge is -2.11. The molecule has 2 aromatic carbocycles. The summed E-state index contributed by atoms with van der Waals surface area (Å²) < 4.78 is 52.3. The zero-order chi connectivity index (χ0) is 14.8. The summed E-state index contributed by atoms with van der Waals surface area (Å²) in [6, 6.07) is 9.30. The Morgan fingerprint density at radius 2 is 1.70 bits per heavy atom. The maximum atomic E-state index is 14.2. The molecule has 0 aliphatic carbocycles. The van der Waals surface area contributed by atoms with Gasteiger partial charge in [-0.05, 0) is 36.2 Å². The number of rotatable bonds is 3. The van der Waals surface area contributed by atoms with E-state index in [0.29, 0.717) is 12.0 Å². The van der Waals surface area contributed by atoms with E-state index < -0.39 is 17.6 Å². The summed E-state index contributed by atoms with van der Waals surface area (Å²) in [6.07, 6.45) is -4.10. The summed E-state index contributed by atoms with van der Waals surface area (Å²) in [5.41, 5.74) is 5.36. The smallest absolute Gasteiger partial charge is 0.330 e. The van der Waals surface area contributed by atoms with E-state index in [9.17, 15) is 17.6 Å². The van der Waals surface area contributed by atoms with Crippen LogP contribution >= 0.6 is 0 Å². The van der Waals surface area contributed by atoms with Gasteiger partial charge < -0.3 is 5.73 Å². The molecule has 0 bridgehead atoms. The molecule has 2 N–H and O–H groups in total. The Bertz CT molecular complexity index is 605. The van der Waals surface area contributed by atoms with Crippen molar-refractivity contribution in [1.82, 2.24) is 0 Å². The van der Waals surface area contributed by atoms with Crippen LogP contribution in [0.5, 0.6) is 0 Å². The van der Waals surface area contributed by atoms with Gasteiger partial charge in [-0.3, -0.25) is 0 Å². The first kappa shape index (κ1) is 14.5. The molecule has 0 fully saturated rings. The Kier molecular flexibility index (Phi) is 4.09. The van der Waals surface area contributed by atoms with Gasteiger partial charge >= 0.3 is 6.18 Å². The standard InChI is InChI=1S/C15H13F4N/c16-14-10(7-8-20)3-2-6-13(14)11-4-1-5-12(9-11)15(17,18)19/h1-6,9H,7-8,20H2. The van der Waals surface area contributed by atoms with E-state index >= 15 is 0 Å². The summed E-state index contributed by atoms with van der Waals surface area (Å²) in [7, 11) is 0. The van der Waals surface area contributed by atoms with E-state index in [1.807, 2.05) is 0 Å². The van der Waals surface area contributed by atoms with Crippen LogP contribution in [0, 0.1) is 5.82 Å². The van der Waals surface area contributed by atoms with Gasteiger partial charge in [-0.25, -0.2) is 4.39 Å². The van der Waals surface area contributed by atoms with Gasteiger partial charge in [0.2, 0.25) is 0 Å². The molecule has 106 valence electrons. The maximum Gasteiger partial charge on any atom is 0.416 e. The second kappa shape index (κ2) is 5.63. The molecule has 0 aliphatic heterocycles. The maximum absolute atomic E-state index is 14.2. The van der Waals surface area contributed by atoms with Crippen LogP contribution < -0.4 is 5.73 Å². The number of nitrogens with two attached hydrogens (primary N) is 1. The van der Waals surface area contributed by atoms with Gasteiger partial charge in [-0.2, -0.15) is 13.2 Å². The third kappa shape index (κ3) is 2.99. The van der Waals surface area contributed by atoms with Crippen LogP contribution in [0.3, 0.4) is 0 Å². The Labute approximate surface area is 114 Å². The van der Waals surface area contributed by atoms with Gasteiger partial charge in [0, 0.05) is 5.56 Å². The molecule has 0 saturated carbocycles. The fourth-order valence-corrected chi connectivity index (χ4v) is 2.01. The van der Waals surface area contributed by atoms with Gasteiger partial charge in [0.15, 0.2) is 0 Å². The average Bonchev–Trinajstić information content (AvgIpc) is 2.41. The van der Waals surface area contributed by atoms with Crippen LogP contribution in [0.2, 0.25) is 0 Å². The first-order chi connectivity index (χ1) is 9.43. The predicted octanol–water partition coefficient (Wildman–Crippen LogP) is 4.01. The number of halogens is 4. The highest BCUT2D eigenvalue weighted by Crippen LogP contribution is 2.33. The van der Waals surface area contributed by atoms with Crippen molar-refractivity contribution < 1.29 is 17.6 Å². The molecule has 0 atom stereocenters. The van der Waals surface area contributed by atoms with E-state index in [1.54, 1.807) is 12.1 Å². The van der Waals surface area contributed by atoms with Crippen molar-refractivity contribution in [3.8, 4) is 11.1 Å². The Balaban J connectivity index is 2.49. The van der Waals surface area contributed by atoms with Crippen LogP contribution in [0.25, 0.3) is 11.1 Å². The molecule has 0 amide bonds. The monoisotopic (exact) mass is 283 g/mol. The molecule has 0 aromatic heterocycles. The molecule has 5 heteroatoms. The predicted molar refractivity (Wildman–Crippen MR) is 69.6 cm³/mol. The lowest BCUT2D eigenvalue weighted by atomic mass is 9.99. The van der Waals surface area contributed by atoms with E-state index in [4.69, 9.17) is 5.73 Å². The van der Waals surface area contributed by atoms with Crippen LogP contribution in [0.1, 0.15) is 11.1 Å². The second-order valence-corrected chi connectivity index (χ2v) is 4.40. The summed E-state index contributed by atoms with van der Waals surface area (Å²) in [6.45, 7) is 0.281. The molecular formula is C15H13F4N. The zero-order valence-corrected chi connectivity index (χ0v) is 10.5. The minimum atomic E-state index is -4.44. The Morgan fingerprint density at radius 1 is 1.00 bits per heavy atom. The van der Waals surface area contributed by atoms with E-state index in [0.717, 1.165) is 12.1 Å². The van der Waals surface area contributed by atoms with Gasteiger partial charge in [0.25, 0.3) is 0 Å². The average molecular weight is 283 g/mol. The SMILES string of the molecule is NCCc1cccc(-c2cccc(C(F)(F)F)c2)c1F. The fraction of sp³-hybridized carbons (Fsp3) is 0.200. The summed E-state index contributed by atoms with van der Waals surface area (Å²) >= 11 is 0. The van der Waals surface area contributed by atoms with Crippen molar-refractivity contribution in [3.05, 3.63) is 59.4 Å². The molecule has 20 heavy (non-hydrogen) atoms. The molecule has 2 rings (SSSR count). The lowest BCUT2D eigenvalue weighted by Crippen LogP contribution is -2.06. The number of alkyl halides is 3. The highest BCUT2D eigenvalue weighted by Gasteiger charge is 2.30. The topological polar surface area (TPSA) is 26.0 Å². The fourth-order valence-electron chi connectivity index (χ4n) is 2.01. The molecular weight excluding hydrogens is 270 g/mol. The van der Waals surface area contributed by atoms with Gasteiger partial charge in [-0.15, -0.1) is 0 Å². The first-order valence-corrected chi connectivity index (χ1v) is 6.08. The third-order valence-corrected chi connectivity index (χ3v) is 2.99. The minimum absolute atomic E-state index is 0.155. The molecule has 0 heterocycles. The molecule has 2 aromatic rings.